The first-order valence-electron chi connectivity index (χ1n) is 5.32. The Morgan fingerprint density at radius 2 is 2.17 bits per heavy atom. The minimum absolute atomic E-state index is 0.347. The van der Waals surface area contributed by atoms with Gasteiger partial charge in [0.1, 0.15) is 5.52 Å². The van der Waals surface area contributed by atoms with E-state index in [1.54, 1.807) is 18.5 Å². The molecule has 2 aromatic rings. The van der Waals surface area contributed by atoms with Gasteiger partial charge in [-0.15, -0.1) is 0 Å². The van der Waals surface area contributed by atoms with E-state index in [0.717, 1.165) is 5.52 Å². The van der Waals surface area contributed by atoms with Crippen LogP contribution in [0.5, 0.6) is 0 Å². The highest BCUT2D eigenvalue weighted by molar-refractivity contribution is 5.86. The Kier molecular flexibility index (Phi) is 3.59. The van der Waals surface area contributed by atoms with Crippen LogP contribution in [0.2, 0.25) is 0 Å². The monoisotopic (exact) mass is 238 g/mol. The maximum absolute atomic E-state index is 8.14. The first-order chi connectivity index (χ1) is 8.83. The molecule has 0 fully saturated rings. The molecule has 0 aliphatic rings. The van der Waals surface area contributed by atoms with Crippen molar-refractivity contribution in [3.63, 3.8) is 0 Å². The topological polar surface area (TPSA) is 101 Å². The molecule has 0 saturated heterocycles. The summed E-state index contributed by atoms with van der Waals surface area (Å²) in [7, 11) is 0. The molecule has 0 unspecified atom stereocenters. The largest absolute Gasteiger partial charge is 0.398 e. The molecule has 88 valence electrons. The number of benzene rings is 1. The molecule has 0 amide bonds. The van der Waals surface area contributed by atoms with Gasteiger partial charge in [0.05, 0.1) is 11.1 Å². The summed E-state index contributed by atoms with van der Waals surface area (Å²) in [5.41, 5.74) is 16.7. The fraction of sp³-hybridized carbons (Fsp3) is 0.167. The second-order valence-corrected chi connectivity index (χ2v) is 3.46. The number of nitrogens with zero attached hydrogens (tertiary/aromatic N) is 5. The first-order valence-corrected chi connectivity index (χ1v) is 5.32. The predicted octanol–water partition coefficient (Wildman–Crippen LogP) is 2.26. The molecule has 0 atom stereocenters. The number of nitrogens with two attached hydrogens (primary N) is 1. The molecule has 0 spiro atoms. The van der Waals surface area contributed by atoms with E-state index in [9.17, 15) is 0 Å². The normalized spacial score (nSPS) is 9.33. The zero-order valence-corrected chi connectivity index (χ0v) is 9.54. The lowest BCUT2D eigenvalue weighted by Crippen LogP contribution is -1.94. The number of aromatic nitrogens is 2. The number of fused-ring (bicyclic) bond motifs is 1. The van der Waals surface area contributed by atoms with Crippen molar-refractivity contribution in [2.24, 2.45) is 5.11 Å². The SMILES string of the molecule is [N-]=[N+]=NCCC#Cc1c(N)ccc2nccnc12. The van der Waals surface area contributed by atoms with Gasteiger partial charge in [-0.2, -0.15) is 0 Å². The second-order valence-electron chi connectivity index (χ2n) is 3.46. The van der Waals surface area contributed by atoms with Gasteiger partial charge in [0.25, 0.3) is 0 Å². The Morgan fingerprint density at radius 1 is 1.33 bits per heavy atom. The van der Waals surface area contributed by atoms with Crippen molar-refractivity contribution in [3.8, 4) is 11.8 Å². The Bertz CT molecular complexity index is 676. The quantitative estimate of drug-likeness (QED) is 0.217. The second kappa shape index (κ2) is 5.53. The molecule has 0 aliphatic heterocycles. The highest BCUT2D eigenvalue weighted by Gasteiger charge is 2.04. The van der Waals surface area contributed by atoms with E-state index in [1.807, 2.05) is 6.07 Å². The molecule has 1 aromatic heterocycles. The van der Waals surface area contributed by atoms with E-state index in [-0.39, 0.29) is 0 Å². The molecule has 2 N–H and O–H groups in total. The number of azide groups is 1. The van der Waals surface area contributed by atoms with Crippen molar-refractivity contribution in [2.45, 2.75) is 6.42 Å². The van der Waals surface area contributed by atoms with Crippen LogP contribution < -0.4 is 5.73 Å². The first kappa shape index (κ1) is 11.7. The highest BCUT2D eigenvalue weighted by Crippen LogP contribution is 2.19. The maximum Gasteiger partial charge on any atom is 0.106 e. The van der Waals surface area contributed by atoms with E-state index in [2.05, 4.69) is 31.8 Å². The van der Waals surface area contributed by atoms with Crippen LogP contribution in [0.15, 0.2) is 29.6 Å². The van der Waals surface area contributed by atoms with Gasteiger partial charge in [0, 0.05) is 36.0 Å². The molecule has 1 heterocycles. The summed E-state index contributed by atoms with van der Waals surface area (Å²) >= 11 is 0. The van der Waals surface area contributed by atoms with Gasteiger partial charge in [-0.05, 0) is 17.7 Å². The third-order valence-corrected chi connectivity index (χ3v) is 2.29. The van der Waals surface area contributed by atoms with Crippen LogP contribution in [0.25, 0.3) is 21.5 Å². The van der Waals surface area contributed by atoms with Crippen LogP contribution in [0.1, 0.15) is 12.0 Å². The fourth-order valence-electron chi connectivity index (χ4n) is 1.49. The van der Waals surface area contributed by atoms with Crippen molar-refractivity contribution in [2.75, 3.05) is 12.3 Å². The van der Waals surface area contributed by atoms with Crippen LogP contribution in [-0.4, -0.2) is 16.5 Å². The van der Waals surface area contributed by atoms with Crippen molar-refractivity contribution in [1.29, 1.82) is 0 Å². The number of hydrogen-bond acceptors (Lipinski definition) is 4. The molecular formula is C12H10N6. The van der Waals surface area contributed by atoms with Crippen molar-refractivity contribution in [1.82, 2.24) is 9.97 Å². The fourth-order valence-corrected chi connectivity index (χ4v) is 1.49. The van der Waals surface area contributed by atoms with Crippen molar-refractivity contribution < 1.29 is 0 Å². The third kappa shape index (κ3) is 2.48. The Morgan fingerprint density at radius 3 is 3.00 bits per heavy atom. The molecule has 2 rings (SSSR count). The minimum Gasteiger partial charge on any atom is -0.398 e. The summed E-state index contributed by atoms with van der Waals surface area (Å²) in [5, 5.41) is 3.41. The van der Waals surface area contributed by atoms with Gasteiger partial charge in [0.2, 0.25) is 0 Å². The minimum atomic E-state index is 0.347. The molecule has 0 aliphatic carbocycles. The number of nitrogen functional groups attached to an aromatic ring is 1. The van der Waals surface area contributed by atoms with Crippen LogP contribution in [0.3, 0.4) is 0 Å². The van der Waals surface area contributed by atoms with Crippen molar-refractivity contribution >= 4 is 16.7 Å². The average molecular weight is 238 g/mol. The predicted molar refractivity (Wildman–Crippen MR) is 69.5 cm³/mol. The zero-order valence-electron chi connectivity index (χ0n) is 9.54. The van der Waals surface area contributed by atoms with Gasteiger partial charge in [0.15, 0.2) is 0 Å². The van der Waals surface area contributed by atoms with E-state index < -0.39 is 0 Å². The lowest BCUT2D eigenvalue weighted by Gasteiger charge is -2.01. The van der Waals surface area contributed by atoms with Gasteiger partial charge >= 0.3 is 0 Å². The Hall–Kier alpha value is -2.77. The van der Waals surface area contributed by atoms with E-state index in [0.29, 0.717) is 29.7 Å². The highest BCUT2D eigenvalue weighted by atomic mass is 15.1. The van der Waals surface area contributed by atoms with E-state index in [4.69, 9.17) is 11.3 Å². The van der Waals surface area contributed by atoms with Gasteiger partial charge in [-0.25, -0.2) is 0 Å². The van der Waals surface area contributed by atoms with Gasteiger partial charge < -0.3 is 5.73 Å². The molecule has 6 nitrogen and oxygen atoms in total. The van der Waals surface area contributed by atoms with Gasteiger partial charge in [-0.3, -0.25) is 9.97 Å². The Balaban J connectivity index is 2.37. The number of hydrogen-bond donors (Lipinski definition) is 1. The summed E-state index contributed by atoms with van der Waals surface area (Å²) in [6.45, 7) is 0.347. The molecule has 0 bridgehead atoms. The van der Waals surface area contributed by atoms with Crippen LogP contribution in [-0.2, 0) is 0 Å². The van der Waals surface area contributed by atoms with Crippen LogP contribution >= 0.6 is 0 Å². The Labute approximate surface area is 103 Å². The number of rotatable bonds is 2. The van der Waals surface area contributed by atoms with Crippen LogP contribution in [0.4, 0.5) is 5.69 Å². The number of anilines is 1. The average Bonchev–Trinajstić information content (AvgIpc) is 2.41. The zero-order chi connectivity index (χ0) is 12.8. The summed E-state index contributed by atoms with van der Waals surface area (Å²) in [4.78, 5) is 11.1. The van der Waals surface area contributed by atoms with Crippen LogP contribution in [0, 0.1) is 11.8 Å². The summed E-state index contributed by atoms with van der Waals surface area (Å²) in [6, 6.07) is 3.57. The summed E-state index contributed by atoms with van der Waals surface area (Å²) < 4.78 is 0. The lowest BCUT2D eigenvalue weighted by molar-refractivity contribution is 1.01. The van der Waals surface area contributed by atoms with E-state index in [1.165, 1.54) is 0 Å². The maximum atomic E-state index is 8.14. The third-order valence-electron chi connectivity index (χ3n) is 2.29. The molecule has 18 heavy (non-hydrogen) atoms. The summed E-state index contributed by atoms with van der Waals surface area (Å²) in [5.74, 6) is 5.86. The smallest absolute Gasteiger partial charge is 0.106 e. The standard InChI is InChI=1S/C12H10N6/c13-10-4-5-11-12(16-8-7-15-11)9(10)3-1-2-6-17-18-14/h4-5,7-8H,2,6,13H2. The molecule has 6 heteroatoms. The molecular weight excluding hydrogens is 228 g/mol. The molecule has 0 saturated carbocycles. The van der Waals surface area contributed by atoms with E-state index >= 15 is 0 Å². The lowest BCUT2D eigenvalue weighted by atomic mass is 10.1. The molecule has 0 radical (unpaired) electrons. The summed E-state index contributed by atoms with van der Waals surface area (Å²) in [6.07, 6.45) is 3.71. The molecule has 1 aromatic carbocycles. The van der Waals surface area contributed by atoms with Gasteiger partial charge in [-0.1, -0.05) is 17.0 Å². The van der Waals surface area contributed by atoms with Crippen molar-refractivity contribution in [3.05, 3.63) is 40.5 Å².